The average Bonchev–Trinajstić information content (AvgIpc) is 2.48. The molecule has 1 saturated heterocycles. The number of rotatable bonds is 2. The maximum Gasteiger partial charge on any atom is 0.114 e. The molecule has 0 aromatic rings. The van der Waals surface area contributed by atoms with Crippen molar-refractivity contribution >= 4 is 12.1 Å². The second kappa shape index (κ2) is 7.77. The molecule has 0 aromatic heterocycles. The SMILES string of the molecule is CC1CCC(CC=N)NC2=NCCCCN(C)C2CC1. The summed E-state index contributed by atoms with van der Waals surface area (Å²) in [6.45, 7) is 4.50. The fourth-order valence-electron chi connectivity index (χ4n) is 3.31. The van der Waals surface area contributed by atoms with E-state index in [2.05, 4.69) is 24.2 Å². The van der Waals surface area contributed by atoms with Gasteiger partial charge >= 0.3 is 0 Å². The summed E-state index contributed by atoms with van der Waals surface area (Å²) in [6, 6.07) is 0.839. The lowest BCUT2D eigenvalue weighted by atomic mass is 9.95. The van der Waals surface area contributed by atoms with Crippen LogP contribution in [0.1, 0.15) is 51.9 Å². The third-order valence-corrected chi connectivity index (χ3v) is 4.74. The van der Waals surface area contributed by atoms with Crippen LogP contribution in [0, 0.1) is 11.3 Å². The number of nitrogens with one attached hydrogen (secondary N) is 2. The molecule has 2 N–H and O–H groups in total. The zero-order valence-electron chi connectivity index (χ0n) is 13.1. The molecule has 0 aliphatic carbocycles. The summed E-state index contributed by atoms with van der Waals surface area (Å²) >= 11 is 0. The largest absolute Gasteiger partial charge is 0.369 e. The maximum atomic E-state index is 7.40. The van der Waals surface area contributed by atoms with E-state index in [1.807, 2.05) is 0 Å². The van der Waals surface area contributed by atoms with Crippen LogP contribution >= 0.6 is 0 Å². The standard InChI is InChI=1S/C16H30N4/c1-13-5-7-14(9-10-17)19-16-15(8-6-13)20(2)12-4-3-11-18-16/h10,13-15,17H,3-9,11-12H2,1-2H3,(H,18,19). The lowest BCUT2D eigenvalue weighted by Gasteiger charge is -2.32. The van der Waals surface area contributed by atoms with Crippen molar-refractivity contribution in [3.63, 3.8) is 0 Å². The Kier molecular flexibility index (Phi) is 6.02. The third-order valence-electron chi connectivity index (χ3n) is 4.74. The fourth-order valence-corrected chi connectivity index (χ4v) is 3.31. The molecule has 2 aliphatic heterocycles. The van der Waals surface area contributed by atoms with Crippen molar-refractivity contribution in [2.24, 2.45) is 10.9 Å². The lowest BCUT2D eigenvalue weighted by Crippen LogP contribution is -2.49. The predicted octanol–water partition coefficient (Wildman–Crippen LogP) is 2.69. The van der Waals surface area contributed by atoms with Crippen molar-refractivity contribution in [3.05, 3.63) is 0 Å². The van der Waals surface area contributed by atoms with Crippen LogP contribution in [0.25, 0.3) is 0 Å². The van der Waals surface area contributed by atoms with Gasteiger partial charge in [0.15, 0.2) is 0 Å². The van der Waals surface area contributed by atoms with Gasteiger partial charge in [-0.1, -0.05) is 6.92 Å². The minimum atomic E-state index is 0.391. The Morgan fingerprint density at radius 3 is 2.90 bits per heavy atom. The highest BCUT2D eigenvalue weighted by Crippen LogP contribution is 2.22. The molecule has 2 heterocycles. The minimum Gasteiger partial charge on any atom is -0.369 e. The van der Waals surface area contributed by atoms with Gasteiger partial charge in [-0.15, -0.1) is 0 Å². The summed E-state index contributed by atoms with van der Waals surface area (Å²) in [5.41, 5.74) is 0. The molecule has 2 aliphatic rings. The highest BCUT2D eigenvalue weighted by molar-refractivity contribution is 5.88. The monoisotopic (exact) mass is 278 g/mol. The van der Waals surface area contributed by atoms with Gasteiger partial charge in [0.1, 0.15) is 5.84 Å². The van der Waals surface area contributed by atoms with Crippen molar-refractivity contribution in [2.45, 2.75) is 64.0 Å². The van der Waals surface area contributed by atoms with Crippen molar-refractivity contribution in [3.8, 4) is 0 Å². The zero-order chi connectivity index (χ0) is 14.4. The number of amidine groups is 1. The van der Waals surface area contributed by atoms with Crippen LogP contribution in [0.3, 0.4) is 0 Å². The molecule has 0 amide bonds. The van der Waals surface area contributed by atoms with Gasteiger partial charge < -0.3 is 10.7 Å². The zero-order valence-corrected chi connectivity index (χ0v) is 13.1. The van der Waals surface area contributed by atoms with Crippen LogP contribution in [-0.2, 0) is 0 Å². The van der Waals surface area contributed by atoms with Crippen LogP contribution in [-0.4, -0.2) is 49.2 Å². The van der Waals surface area contributed by atoms with E-state index in [-0.39, 0.29) is 0 Å². The molecular formula is C16H30N4. The van der Waals surface area contributed by atoms with Crippen LogP contribution in [0.15, 0.2) is 4.99 Å². The van der Waals surface area contributed by atoms with Gasteiger partial charge in [-0.05, 0) is 64.2 Å². The smallest absolute Gasteiger partial charge is 0.114 e. The first-order valence-corrected chi connectivity index (χ1v) is 8.20. The van der Waals surface area contributed by atoms with E-state index in [9.17, 15) is 0 Å². The van der Waals surface area contributed by atoms with E-state index in [0.29, 0.717) is 12.1 Å². The molecule has 0 saturated carbocycles. The Hall–Kier alpha value is -0.900. The molecule has 20 heavy (non-hydrogen) atoms. The van der Waals surface area contributed by atoms with Gasteiger partial charge in [0.25, 0.3) is 0 Å². The summed E-state index contributed by atoms with van der Waals surface area (Å²) in [7, 11) is 2.24. The van der Waals surface area contributed by atoms with Gasteiger partial charge in [0.05, 0.1) is 6.04 Å². The molecule has 0 radical (unpaired) electrons. The van der Waals surface area contributed by atoms with Gasteiger partial charge in [0.2, 0.25) is 0 Å². The fraction of sp³-hybridized carbons (Fsp3) is 0.875. The first-order chi connectivity index (χ1) is 9.70. The number of hydrogen-bond acceptors (Lipinski definition) is 4. The highest BCUT2D eigenvalue weighted by atomic mass is 15.2. The van der Waals surface area contributed by atoms with Gasteiger partial charge in [-0.3, -0.25) is 9.89 Å². The van der Waals surface area contributed by atoms with E-state index in [1.165, 1.54) is 44.5 Å². The van der Waals surface area contributed by atoms with Crippen molar-refractivity contribution in [1.82, 2.24) is 10.2 Å². The number of likely N-dealkylation sites (N-methyl/N-ethyl adjacent to an activating group) is 1. The molecule has 114 valence electrons. The Morgan fingerprint density at radius 1 is 1.30 bits per heavy atom. The number of nitrogens with zero attached hydrogens (tertiary/aromatic N) is 2. The average molecular weight is 278 g/mol. The highest BCUT2D eigenvalue weighted by Gasteiger charge is 2.26. The van der Waals surface area contributed by atoms with E-state index in [1.54, 1.807) is 6.21 Å². The summed E-state index contributed by atoms with van der Waals surface area (Å²) < 4.78 is 0. The predicted molar refractivity (Wildman–Crippen MR) is 85.9 cm³/mol. The van der Waals surface area contributed by atoms with Crippen LogP contribution < -0.4 is 5.32 Å². The molecule has 4 heteroatoms. The molecule has 1 fully saturated rings. The molecule has 3 unspecified atom stereocenters. The topological polar surface area (TPSA) is 51.5 Å². The van der Waals surface area contributed by atoms with E-state index >= 15 is 0 Å². The summed E-state index contributed by atoms with van der Waals surface area (Å²) in [5.74, 6) is 1.97. The summed E-state index contributed by atoms with van der Waals surface area (Å²) in [6.07, 6.45) is 9.72. The summed E-state index contributed by atoms with van der Waals surface area (Å²) in [4.78, 5) is 7.32. The van der Waals surface area contributed by atoms with E-state index in [0.717, 1.165) is 25.3 Å². The Balaban J connectivity index is 2.17. The molecular weight excluding hydrogens is 248 g/mol. The van der Waals surface area contributed by atoms with Crippen molar-refractivity contribution in [2.75, 3.05) is 20.1 Å². The van der Waals surface area contributed by atoms with Gasteiger partial charge in [-0.25, -0.2) is 0 Å². The second-order valence-electron chi connectivity index (χ2n) is 6.51. The number of aliphatic imine (C=N–C) groups is 1. The summed E-state index contributed by atoms with van der Waals surface area (Å²) in [5, 5.41) is 11.1. The third kappa shape index (κ3) is 4.30. The van der Waals surface area contributed by atoms with Crippen LogP contribution in [0.4, 0.5) is 0 Å². The van der Waals surface area contributed by atoms with Gasteiger partial charge in [0, 0.05) is 19.0 Å². The molecule has 0 spiro atoms. The van der Waals surface area contributed by atoms with E-state index in [4.69, 9.17) is 10.4 Å². The Bertz CT molecular complexity index is 339. The Morgan fingerprint density at radius 2 is 2.10 bits per heavy atom. The van der Waals surface area contributed by atoms with Crippen molar-refractivity contribution < 1.29 is 0 Å². The number of fused-ring (bicyclic) bond motifs is 1. The van der Waals surface area contributed by atoms with Crippen LogP contribution in [0.2, 0.25) is 0 Å². The van der Waals surface area contributed by atoms with Gasteiger partial charge in [-0.2, -0.15) is 0 Å². The lowest BCUT2D eigenvalue weighted by molar-refractivity contribution is 0.260. The molecule has 4 nitrogen and oxygen atoms in total. The molecule has 2 rings (SSSR count). The first-order valence-electron chi connectivity index (χ1n) is 8.20. The Labute approximate surface area is 123 Å². The van der Waals surface area contributed by atoms with Crippen LogP contribution in [0.5, 0.6) is 0 Å². The van der Waals surface area contributed by atoms with Crippen molar-refractivity contribution in [1.29, 1.82) is 5.41 Å². The quantitative estimate of drug-likeness (QED) is 0.763. The second-order valence-corrected chi connectivity index (χ2v) is 6.51. The normalized spacial score (nSPS) is 33.3. The van der Waals surface area contributed by atoms with E-state index < -0.39 is 0 Å². The molecule has 0 aromatic carbocycles. The number of hydrogen-bond donors (Lipinski definition) is 2. The molecule has 3 atom stereocenters. The first kappa shape index (κ1) is 15.5. The minimum absolute atomic E-state index is 0.391. The molecule has 0 bridgehead atoms. The maximum absolute atomic E-state index is 7.40.